The van der Waals surface area contributed by atoms with Crippen LogP contribution < -0.4 is 10.5 Å². The summed E-state index contributed by atoms with van der Waals surface area (Å²) in [6.07, 6.45) is 1.77. The van der Waals surface area contributed by atoms with E-state index in [2.05, 4.69) is 4.72 Å². The maximum absolute atomic E-state index is 11.9. The molecule has 1 aliphatic rings. The van der Waals surface area contributed by atoms with E-state index in [1.807, 2.05) is 0 Å². The normalized spacial score (nSPS) is 17.6. The molecule has 0 amide bonds. The van der Waals surface area contributed by atoms with Gasteiger partial charge in [0.05, 0.1) is 5.75 Å². The fourth-order valence-electron chi connectivity index (χ4n) is 1.71. The zero-order valence-electron chi connectivity index (χ0n) is 10.1. The predicted molar refractivity (Wildman–Crippen MR) is 70.2 cm³/mol. The summed E-state index contributed by atoms with van der Waals surface area (Å²) in [5.41, 5.74) is 6.64. The Bertz CT molecular complexity index is 507. The Kier molecular flexibility index (Phi) is 3.61. The van der Waals surface area contributed by atoms with Gasteiger partial charge in [0.15, 0.2) is 0 Å². The second kappa shape index (κ2) is 4.87. The summed E-state index contributed by atoms with van der Waals surface area (Å²) in [7, 11) is -3.35. The lowest BCUT2D eigenvalue weighted by molar-refractivity contribution is 0.213. The number of nitrogens with two attached hydrogens (primary N) is 1. The number of nitrogens with one attached hydrogen (secondary N) is 1. The number of nitrogen functional groups attached to an aromatic ring is 1. The van der Waals surface area contributed by atoms with Gasteiger partial charge < -0.3 is 10.8 Å². The molecule has 0 unspecified atom stereocenters. The van der Waals surface area contributed by atoms with E-state index in [-0.39, 0.29) is 17.8 Å². The minimum atomic E-state index is -3.35. The molecule has 0 radical (unpaired) electrons. The topological polar surface area (TPSA) is 92.4 Å². The summed E-state index contributed by atoms with van der Waals surface area (Å²) in [4.78, 5) is 0. The third kappa shape index (κ3) is 3.44. The van der Waals surface area contributed by atoms with Crippen molar-refractivity contribution in [3.8, 4) is 0 Å². The Morgan fingerprint density at radius 3 is 2.39 bits per heavy atom. The number of aliphatic hydroxyl groups is 1. The largest absolute Gasteiger partial charge is 0.399 e. The van der Waals surface area contributed by atoms with Crippen LogP contribution in [0, 0.1) is 5.41 Å². The monoisotopic (exact) mass is 270 g/mol. The highest BCUT2D eigenvalue weighted by atomic mass is 32.2. The predicted octanol–water partition coefficient (Wildman–Crippen LogP) is 0.461. The van der Waals surface area contributed by atoms with E-state index in [1.54, 1.807) is 24.3 Å². The first-order valence-electron chi connectivity index (χ1n) is 5.87. The van der Waals surface area contributed by atoms with Crippen LogP contribution in [-0.4, -0.2) is 26.7 Å². The van der Waals surface area contributed by atoms with Gasteiger partial charge in [0.1, 0.15) is 0 Å². The number of benzene rings is 1. The Hall–Kier alpha value is -1.11. The first-order chi connectivity index (χ1) is 8.45. The van der Waals surface area contributed by atoms with Crippen LogP contribution in [-0.2, 0) is 15.8 Å². The maximum Gasteiger partial charge on any atom is 0.215 e. The summed E-state index contributed by atoms with van der Waals surface area (Å²) >= 11 is 0. The molecular formula is C12H18N2O3S. The number of hydrogen-bond acceptors (Lipinski definition) is 4. The van der Waals surface area contributed by atoms with Crippen molar-refractivity contribution in [2.75, 3.05) is 18.9 Å². The molecule has 0 aromatic heterocycles. The summed E-state index contributed by atoms with van der Waals surface area (Å²) in [5, 5.41) is 9.12. The molecule has 100 valence electrons. The Balaban J connectivity index is 1.93. The summed E-state index contributed by atoms with van der Waals surface area (Å²) in [5.74, 6) is -0.0607. The molecule has 6 heteroatoms. The average molecular weight is 270 g/mol. The van der Waals surface area contributed by atoms with Gasteiger partial charge >= 0.3 is 0 Å². The number of aliphatic hydroxyl groups excluding tert-OH is 1. The smallest absolute Gasteiger partial charge is 0.215 e. The second-order valence-corrected chi connectivity index (χ2v) is 6.79. The molecule has 1 aromatic rings. The van der Waals surface area contributed by atoms with Crippen LogP contribution in [0.4, 0.5) is 5.69 Å². The van der Waals surface area contributed by atoms with Crippen LogP contribution in [0.2, 0.25) is 0 Å². The third-order valence-electron chi connectivity index (χ3n) is 3.30. The molecule has 0 heterocycles. The minimum absolute atomic E-state index is 0.0391. The molecule has 0 atom stereocenters. The quantitative estimate of drug-likeness (QED) is 0.655. The van der Waals surface area contributed by atoms with Crippen LogP contribution in [0.1, 0.15) is 18.4 Å². The highest BCUT2D eigenvalue weighted by molar-refractivity contribution is 7.88. The minimum Gasteiger partial charge on any atom is -0.399 e. The van der Waals surface area contributed by atoms with Crippen LogP contribution >= 0.6 is 0 Å². The van der Waals surface area contributed by atoms with E-state index in [1.165, 1.54) is 0 Å². The maximum atomic E-state index is 11.9. The van der Waals surface area contributed by atoms with Crippen molar-refractivity contribution < 1.29 is 13.5 Å². The highest BCUT2D eigenvalue weighted by Gasteiger charge is 2.42. The van der Waals surface area contributed by atoms with Crippen molar-refractivity contribution >= 4 is 15.7 Å². The van der Waals surface area contributed by atoms with E-state index < -0.39 is 10.0 Å². The average Bonchev–Trinajstić information content (AvgIpc) is 3.10. The first-order valence-corrected chi connectivity index (χ1v) is 7.53. The van der Waals surface area contributed by atoms with Crippen LogP contribution in [0.3, 0.4) is 0 Å². The van der Waals surface area contributed by atoms with Crippen molar-refractivity contribution in [1.29, 1.82) is 0 Å². The fourth-order valence-corrected chi connectivity index (χ4v) is 2.97. The van der Waals surface area contributed by atoms with Crippen LogP contribution in [0.25, 0.3) is 0 Å². The molecule has 0 spiro atoms. The Labute approximate surface area is 107 Å². The summed E-state index contributed by atoms with van der Waals surface area (Å²) < 4.78 is 26.3. The zero-order valence-corrected chi connectivity index (χ0v) is 10.9. The molecule has 18 heavy (non-hydrogen) atoms. The van der Waals surface area contributed by atoms with Crippen LogP contribution in [0.5, 0.6) is 0 Å². The van der Waals surface area contributed by atoms with E-state index >= 15 is 0 Å². The van der Waals surface area contributed by atoms with Crippen molar-refractivity contribution in [2.24, 2.45) is 5.41 Å². The van der Waals surface area contributed by atoms with Gasteiger partial charge in [-0.1, -0.05) is 12.1 Å². The molecule has 0 bridgehead atoms. The van der Waals surface area contributed by atoms with Gasteiger partial charge in [0, 0.05) is 24.3 Å². The molecule has 0 aliphatic heterocycles. The van der Waals surface area contributed by atoms with Crippen LogP contribution in [0.15, 0.2) is 24.3 Å². The third-order valence-corrected chi connectivity index (χ3v) is 4.59. The molecule has 1 aliphatic carbocycles. The van der Waals surface area contributed by atoms with E-state index in [4.69, 9.17) is 10.8 Å². The molecule has 0 saturated heterocycles. The summed E-state index contributed by atoms with van der Waals surface area (Å²) in [6.45, 7) is 0.359. The fraction of sp³-hybridized carbons (Fsp3) is 0.500. The van der Waals surface area contributed by atoms with Crippen molar-refractivity contribution in [3.63, 3.8) is 0 Å². The lowest BCUT2D eigenvalue weighted by atomic mass is 10.1. The molecule has 5 nitrogen and oxygen atoms in total. The van der Waals surface area contributed by atoms with E-state index in [9.17, 15) is 8.42 Å². The number of rotatable bonds is 6. The molecule has 4 N–H and O–H groups in total. The lowest BCUT2D eigenvalue weighted by Crippen LogP contribution is -2.32. The number of sulfonamides is 1. The van der Waals surface area contributed by atoms with Crippen molar-refractivity contribution in [2.45, 2.75) is 18.6 Å². The molecule has 1 saturated carbocycles. The summed E-state index contributed by atoms with van der Waals surface area (Å²) in [6, 6.07) is 6.77. The van der Waals surface area contributed by atoms with Gasteiger partial charge in [0.2, 0.25) is 10.0 Å². The van der Waals surface area contributed by atoms with Crippen molar-refractivity contribution in [1.82, 2.24) is 4.72 Å². The Morgan fingerprint density at radius 1 is 1.28 bits per heavy atom. The van der Waals surface area contributed by atoms with E-state index in [0.717, 1.165) is 12.8 Å². The first kappa shape index (κ1) is 13.3. The lowest BCUT2D eigenvalue weighted by Gasteiger charge is -2.13. The Morgan fingerprint density at radius 2 is 1.89 bits per heavy atom. The molecule has 1 fully saturated rings. The van der Waals surface area contributed by atoms with Gasteiger partial charge in [-0.3, -0.25) is 0 Å². The van der Waals surface area contributed by atoms with Gasteiger partial charge in [-0.05, 0) is 30.5 Å². The van der Waals surface area contributed by atoms with Gasteiger partial charge in [0.25, 0.3) is 0 Å². The second-order valence-electron chi connectivity index (χ2n) is 4.98. The molecule has 1 aromatic carbocycles. The molecular weight excluding hydrogens is 252 g/mol. The highest BCUT2D eigenvalue weighted by Crippen LogP contribution is 2.44. The zero-order chi connectivity index (χ0) is 13.2. The number of anilines is 1. The molecule has 2 rings (SSSR count). The van der Waals surface area contributed by atoms with Gasteiger partial charge in [-0.25, -0.2) is 13.1 Å². The van der Waals surface area contributed by atoms with E-state index in [0.29, 0.717) is 17.8 Å². The standard InChI is InChI=1S/C12H18N2O3S/c13-11-3-1-10(2-4-11)7-18(16,17)14-8-12(9-15)5-6-12/h1-4,14-15H,5-9,13H2. The SMILES string of the molecule is Nc1ccc(CS(=O)(=O)NCC2(CO)CC2)cc1. The van der Waals surface area contributed by atoms with Gasteiger partial charge in [-0.2, -0.15) is 0 Å². The number of hydrogen-bond donors (Lipinski definition) is 3. The van der Waals surface area contributed by atoms with Gasteiger partial charge in [-0.15, -0.1) is 0 Å². The van der Waals surface area contributed by atoms with Crippen molar-refractivity contribution in [3.05, 3.63) is 29.8 Å².